The molecule has 2 aromatic rings. The minimum absolute atomic E-state index is 0.0414. The molecule has 3 rings (SSSR count). The van der Waals surface area contributed by atoms with E-state index in [1.165, 1.54) is 18.5 Å². The van der Waals surface area contributed by atoms with E-state index in [1.54, 1.807) is 7.11 Å². The molecular weight excluding hydrogens is 300 g/mol. The summed E-state index contributed by atoms with van der Waals surface area (Å²) in [5.74, 6) is 0.876. The van der Waals surface area contributed by atoms with Crippen LogP contribution in [-0.4, -0.2) is 26.1 Å². The van der Waals surface area contributed by atoms with Crippen LogP contribution in [0.15, 0.2) is 48.5 Å². The minimum Gasteiger partial charge on any atom is -0.497 e. The molecule has 126 valence electrons. The van der Waals surface area contributed by atoms with Crippen molar-refractivity contribution in [3.8, 4) is 5.75 Å². The fourth-order valence-corrected chi connectivity index (χ4v) is 3.00. The predicted molar refractivity (Wildman–Crippen MR) is 97.8 cm³/mol. The number of rotatable bonds is 6. The van der Waals surface area contributed by atoms with Crippen LogP contribution in [0.1, 0.15) is 24.8 Å². The second-order valence-electron chi connectivity index (χ2n) is 6.14. The van der Waals surface area contributed by atoms with E-state index in [0.717, 1.165) is 36.5 Å². The largest absolute Gasteiger partial charge is 0.497 e. The maximum atomic E-state index is 12.1. The van der Waals surface area contributed by atoms with Crippen LogP contribution in [0.25, 0.3) is 0 Å². The number of hydrogen-bond acceptors (Lipinski definition) is 3. The molecule has 1 fully saturated rings. The maximum Gasteiger partial charge on any atom is 0.224 e. The Hall–Kier alpha value is -2.49. The van der Waals surface area contributed by atoms with Crippen LogP contribution in [0.5, 0.6) is 5.75 Å². The molecule has 1 N–H and O–H groups in total. The van der Waals surface area contributed by atoms with E-state index in [9.17, 15) is 4.79 Å². The van der Waals surface area contributed by atoms with Crippen LogP contribution in [-0.2, 0) is 11.2 Å². The Morgan fingerprint density at radius 2 is 1.71 bits per heavy atom. The Labute approximate surface area is 143 Å². The third-order valence-electron chi connectivity index (χ3n) is 4.42. The first-order valence-electron chi connectivity index (χ1n) is 8.52. The molecule has 0 atom stereocenters. The lowest BCUT2D eigenvalue weighted by atomic mass is 10.1. The third-order valence-corrected chi connectivity index (χ3v) is 4.42. The maximum absolute atomic E-state index is 12.1. The average Bonchev–Trinajstić information content (AvgIpc) is 3.16. The Morgan fingerprint density at radius 1 is 1.04 bits per heavy atom. The van der Waals surface area contributed by atoms with Gasteiger partial charge in [-0.25, -0.2) is 0 Å². The highest BCUT2D eigenvalue weighted by Gasteiger charge is 2.12. The van der Waals surface area contributed by atoms with Crippen LogP contribution >= 0.6 is 0 Å². The van der Waals surface area contributed by atoms with Gasteiger partial charge in [0.25, 0.3) is 0 Å². The van der Waals surface area contributed by atoms with Gasteiger partial charge in [-0.05, 0) is 61.2 Å². The first kappa shape index (κ1) is 16.4. The molecule has 0 aliphatic carbocycles. The van der Waals surface area contributed by atoms with Gasteiger partial charge in [-0.3, -0.25) is 4.79 Å². The van der Waals surface area contributed by atoms with Crippen molar-refractivity contribution in [1.82, 2.24) is 0 Å². The highest BCUT2D eigenvalue weighted by Crippen LogP contribution is 2.22. The number of carbonyl (C=O) groups excluding carboxylic acids is 1. The van der Waals surface area contributed by atoms with Crippen molar-refractivity contribution < 1.29 is 9.53 Å². The van der Waals surface area contributed by atoms with E-state index >= 15 is 0 Å². The summed E-state index contributed by atoms with van der Waals surface area (Å²) >= 11 is 0. The van der Waals surface area contributed by atoms with Crippen molar-refractivity contribution in [2.24, 2.45) is 0 Å². The van der Waals surface area contributed by atoms with Crippen molar-refractivity contribution >= 4 is 17.3 Å². The number of hydrogen-bond donors (Lipinski definition) is 1. The van der Waals surface area contributed by atoms with Gasteiger partial charge in [0.15, 0.2) is 0 Å². The fraction of sp³-hybridized carbons (Fsp3) is 0.350. The van der Waals surface area contributed by atoms with E-state index < -0.39 is 0 Å². The molecule has 0 radical (unpaired) electrons. The molecule has 0 saturated carbocycles. The normalized spacial score (nSPS) is 13.8. The highest BCUT2D eigenvalue weighted by molar-refractivity contribution is 5.91. The average molecular weight is 324 g/mol. The second-order valence-corrected chi connectivity index (χ2v) is 6.14. The zero-order valence-electron chi connectivity index (χ0n) is 14.1. The topological polar surface area (TPSA) is 41.6 Å². The van der Waals surface area contributed by atoms with Crippen LogP contribution in [0, 0.1) is 0 Å². The molecular formula is C20H24N2O2. The van der Waals surface area contributed by atoms with Crippen LogP contribution in [0.2, 0.25) is 0 Å². The minimum atomic E-state index is 0.0414. The summed E-state index contributed by atoms with van der Waals surface area (Å²) in [6.45, 7) is 2.27. The van der Waals surface area contributed by atoms with Gasteiger partial charge < -0.3 is 15.0 Å². The molecule has 1 aliphatic heterocycles. The number of carbonyl (C=O) groups is 1. The first-order valence-corrected chi connectivity index (χ1v) is 8.52. The molecule has 2 aromatic carbocycles. The Morgan fingerprint density at radius 3 is 2.33 bits per heavy atom. The molecule has 4 heteroatoms. The lowest BCUT2D eigenvalue weighted by molar-refractivity contribution is -0.116. The van der Waals surface area contributed by atoms with E-state index in [2.05, 4.69) is 22.3 Å². The van der Waals surface area contributed by atoms with Gasteiger partial charge >= 0.3 is 0 Å². The molecule has 1 saturated heterocycles. The SMILES string of the molecule is COc1ccc(CCC(=O)Nc2ccc(N3CCCC3)cc2)cc1. The molecule has 1 aliphatic rings. The van der Waals surface area contributed by atoms with E-state index in [1.807, 2.05) is 36.4 Å². The van der Waals surface area contributed by atoms with Crippen molar-refractivity contribution in [2.75, 3.05) is 30.4 Å². The second kappa shape index (κ2) is 7.86. The van der Waals surface area contributed by atoms with Gasteiger partial charge in [-0.1, -0.05) is 12.1 Å². The first-order chi connectivity index (χ1) is 11.7. The van der Waals surface area contributed by atoms with Gasteiger partial charge in [-0.15, -0.1) is 0 Å². The zero-order valence-corrected chi connectivity index (χ0v) is 14.1. The van der Waals surface area contributed by atoms with Gasteiger partial charge in [0.2, 0.25) is 5.91 Å². The molecule has 0 aromatic heterocycles. The lowest BCUT2D eigenvalue weighted by Gasteiger charge is -2.17. The summed E-state index contributed by atoms with van der Waals surface area (Å²) in [4.78, 5) is 14.5. The standard InChI is InChI=1S/C20H24N2O2/c1-24-19-11-4-16(5-12-19)6-13-20(23)21-17-7-9-18(10-8-17)22-14-2-3-15-22/h4-5,7-12H,2-3,6,13-15H2,1H3,(H,21,23). The molecule has 0 spiro atoms. The Balaban J connectivity index is 1.48. The summed E-state index contributed by atoms with van der Waals surface area (Å²) in [5.41, 5.74) is 3.23. The predicted octanol–water partition coefficient (Wildman–Crippen LogP) is 3.87. The van der Waals surface area contributed by atoms with E-state index in [-0.39, 0.29) is 5.91 Å². The van der Waals surface area contributed by atoms with E-state index in [4.69, 9.17) is 4.74 Å². The highest BCUT2D eigenvalue weighted by atomic mass is 16.5. The van der Waals surface area contributed by atoms with Crippen molar-refractivity contribution in [3.63, 3.8) is 0 Å². The molecule has 1 heterocycles. The number of amides is 1. The van der Waals surface area contributed by atoms with Gasteiger partial charge in [-0.2, -0.15) is 0 Å². The zero-order chi connectivity index (χ0) is 16.8. The monoisotopic (exact) mass is 324 g/mol. The summed E-state index contributed by atoms with van der Waals surface area (Å²) < 4.78 is 5.14. The summed E-state index contributed by atoms with van der Waals surface area (Å²) in [6, 6.07) is 16.0. The molecule has 24 heavy (non-hydrogen) atoms. The van der Waals surface area contributed by atoms with Crippen LogP contribution in [0.3, 0.4) is 0 Å². The van der Waals surface area contributed by atoms with Crippen molar-refractivity contribution in [1.29, 1.82) is 0 Å². The number of nitrogens with one attached hydrogen (secondary N) is 1. The summed E-state index contributed by atoms with van der Waals surface area (Å²) in [6.07, 6.45) is 3.73. The quantitative estimate of drug-likeness (QED) is 0.877. The lowest BCUT2D eigenvalue weighted by Crippen LogP contribution is -2.17. The van der Waals surface area contributed by atoms with Crippen molar-refractivity contribution in [2.45, 2.75) is 25.7 Å². The van der Waals surface area contributed by atoms with Crippen molar-refractivity contribution in [3.05, 3.63) is 54.1 Å². The number of anilines is 2. The number of ether oxygens (including phenoxy) is 1. The Kier molecular flexibility index (Phi) is 5.36. The molecule has 0 unspecified atom stereocenters. The number of aryl methyl sites for hydroxylation is 1. The number of benzene rings is 2. The summed E-state index contributed by atoms with van der Waals surface area (Å²) in [7, 11) is 1.65. The fourth-order valence-electron chi connectivity index (χ4n) is 3.00. The van der Waals surface area contributed by atoms with Crippen LogP contribution < -0.4 is 15.0 Å². The summed E-state index contributed by atoms with van der Waals surface area (Å²) in [5, 5.41) is 2.97. The number of methoxy groups -OCH3 is 1. The smallest absolute Gasteiger partial charge is 0.224 e. The third kappa shape index (κ3) is 4.28. The van der Waals surface area contributed by atoms with Gasteiger partial charge in [0, 0.05) is 30.9 Å². The molecule has 1 amide bonds. The molecule has 4 nitrogen and oxygen atoms in total. The van der Waals surface area contributed by atoms with Gasteiger partial charge in [0.05, 0.1) is 7.11 Å². The number of nitrogens with zero attached hydrogens (tertiary/aromatic N) is 1. The Bertz CT molecular complexity index is 659. The van der Waals surface area contributed by atoms with E-state index in [0.29, 0.717) is 6.42 Å². The molecule has 0 bridgehead atoms. The van der Waals surface area contributed by atoms with Crippen LogP contribution in [0.4, 0.5) is 11.4 Å². The van der Waals surface area contributed by atoms with Gasteiger partial charge in [0.1, 0.15) is 5.75 Å².